The highest BCUT2D eigenvalue weighted by molar-refractivity contribution is 5.74. The first-order chi connectivity index (χ1) is 11.8. The van der Waals surface area contributed by atoms with Crippen molar-refractivity contribution in [1.82, 2.24) is 20.0 Å². The van der Waals surface area contributed by atoms with Gasteiger partial charge in [-0.05, 0) is 63.2 Å². The molecular weight excluding hydrogens is 316 g/mol. The molecule has 0 bridgehead atoms. The van der Waals surface area contributed by atoms with Crippen LogP contribution in [0.1, 0.15) is 51.4 Å². The minimum atomic E-state index is 0.0255. The molecule has 0 radical (unpaired) electrons. The largest absolute Gasteiger partial charge is 0.335 e. The summed E-state index contributed by atoms with van der Waals surface area (Å²) < 4.78 is 0. The third-order valence-electron chi connectivity index (χ3n) is 6.15. The molecule has 0 unspecified atom stereocenters. The van der Waals surface area contributed by atoms with Crippen LogP contribution in [0.15, 0.2) is 0 Å². The first kappa shape index (κ1) is 19.9. The van der Waals surface area contributed by atoms with Gasteiger partial charge in [-0.1, -0.05) is 0 Å². The Kier molecular flexibility index (Phi) is 6.96. The maximum atomic E-state index is 12.1. The summed E-state index contributed by atoms with van der Waals surface area (Å²) in [7, 11) is 9.15. The van der Waals surface area contributed by atoms with Crippen LogP contribution in [0, 0.1) is 11.8 Å². The van der Waals surface area contributed by atoms with Crippen molar-refractivity contribution in [2.45, 2.75) is 63.5 Å². The SMILES string of the molecule is CN(C)C(=O)NC1CCC(C2CCC(N(C)C(=O)N(C)C)CC2)CC1. The second-order valence-corrected chi connectivity index (χ2v) is 8.31. The topological polar surface area (TPSA) is 55.9 Å². The Morgan fingerprint density at radius 2 is 1.20 bits per heavy atom. The number of carbonyl (C=O) groups excluding carboxylic acids is 2. The van der Waals surface area contributed by atoms with Crippen molar-refractivity contribution >= 4 is 12.1 Å². The van der Waals surface area contributed by atoms with E-state index in [0.717, 1.165) is 37.5 Å². The first-order valence-electron chi connectivity index (χ1n) is 9.71. The van der Waals surface area contributed by atoms with Gasteiger partial charge in [0.25, 0.3) is 0 Å². The highest BCUT2D eigenvalue weighted by atomic mass is 16.2. The van der Waals surface area contributed by atoms with E-state index in [1.54, 1.807) is 23.9 Å². The van der Waals surface area contributed by atoms with Gasteiger partial charge in [-0.3, -0.25) is 0 Å². The summed E-state index contributed by atoms with van der Waals surface area (Å²) in [5, 5.41) is 3.12. The normalized spacial score (nSPS) is 29.6. The van der Waals surface area contributed by atoms with E-state index in [4.69, 9.17) is 0 Å². The Morgan fingerprint density at radius 3 is 1.64 bits per heavy atom. The summed E-state index contributed by atoms with van der Waals surface area (Å²) in [4.78, 5) is 29.1. The molecule has 4 amide bonds. The summed E-state index contributed by atoms with van der Waals surface area (Å²) in [6.07, 6.45) is 9.35. The summed E-state index contributed by atoms with van der Waals surface area (Å²) in [5.74, 6) is 1.59. The molecule has 2 fully saturated rings. The summed E-state index contributed by atoms with van der Waals surface area (Å²) in [5.41, 5.74) is 0. The van der Waals surface area contributed by atoms with Crippen LogP contribution in [0.4, 0.5) is 9.59 Å². The molecule has 0 saturated heterocycles. The fourth-order valence-corrected chi connectivity index (χ4v) is 4.47. The van der Waals surface area contributed by atoms with Gasteiger partial charge >= 0.3 is 12.1 Å². The van der Waals surface area contributed by atoms with E-state index in [0.29, 0.717) is 12.1 Å². The predicted molar refractivity (Wildman–Crippen MR) is 101 cm³/mol. The van der Waals surface area contributed by atoms with Crippen LogP contribution in [0.5, 0.6) is 0 Å². The van der Waals surface area contributed by atoms with Crippen LogP contribution in [-0.2, 0) is 0 Å². The van der Waals surface area contributed by atoms with Crippen LogP contribution in [-0.4, -0.2) is 74.1 Å². The van der Waals surface area contributed by atoms with Gasteiger partial charge in [0.2, 0.25) is 0 Å². The highest BCUT2D eigenvalue weighted by Gasteiger charge is 2.33. The molecule has 6 nitrogen and oxygen atoms in total. The van der Waals surface area contributed by atoms with Gasteiger partial charge in [-0.2, -0.15) is 0 Å². The maximum absolute atomic E-state index is 12.1. The molecule has 2 aliphatic carbocycles. The summed E-state index contributed by atoms with van der Waals surface area (Å²) >= 11 is 0. The predicted octanol–water partition coefficient (Wildman–Crippen LogP) is 2.99. The van der Waals surface area contributed by atoms with Crippen LogP contribution >= 0.6 is 0 Å². The van der Waals surface area contributed by atoms with Crippen molar-refractivity contribution in [3.05, 3.63) is 0 Å². The molecule has 25 heavy (non-hydrogen) atoms. The van der Waals surface area contributed by atoms with E-state index in [-0.39, 0.29) is 12.1 Å². The average Bonchev–Trinajstić information content (AvgIpc) is 2.61. The minimum absolute atomic E-state index is 0.0255. The number of carbonyl (C=O) groups is 2. The number of hydrogen-bond acceptors (Lipinski definition) is 2. The Bertz CT molecular complexity index is 450. The zero-order chi connectivity index (χ0) is 18.6. The van der Waals surface area contributed by atoms with E-state index in [2.05, 4.69) is 5.32 Å². The molecule has 1 N–H and O–H groups in total. The Morgan fingerprint density at radius 1 is 0.720 bits per heavy atom. The van der Waals surface area contributed by atoms with Crippen molar-refractivity contribution in [2.75, 3.05) is 35.2 Å². The van der Waals surface area contributed by atoms with Crippen LogP contribution in [0.2, 0.25) is 0 Å². The molecule has 0 atom stereocenters. The van der Waals surface area contributed by atoms with Crippen LogP contribution < -0.4 is 5.32 Å². The van der Waals surface area contributed by atoms with Gasteiger partial charge in [0.1, 0.15) is 0 Å². The molecular formula is C19H36N4O2. The highest BCUT2D eigenvalue weighted by Crippen LogP contribution is 2.39. The van der Waals surface area contributed by atoms with E-state index in [1.165, 1.54) is 25.7 Å². The monoisotopic (exact) mass is 352 g/mol. The van der Waals surface area contributed by atoms with E-state index < -0.39 is 0 Å². The summed E-state index contributed by atoms with van der Waals surface area (Å²) in [6.45, 7) is 0. The van der Waals surface area contributed by atoms with Crippen molar-refractivity contribution in [3.8, 4) is 0 Å². The molecule has 2 saturated carbocycles. The lowest BCUT2D eigenvalue weighted by Gasteiger charge is -2.40. The molecule has 0 spiro atoms. The molecule has 0 heterocycles. The second-order valence-electron chi connectivity index (χ2n) is 8.31. The van der Waals surface area contributed by atoms with E-state index >= 15 is 0 Å². The third-order valence-corrected chi connectivity index (χ3v) is 6.15. The third kappa shape index (κ3) is 5.25. The molecule has 0 aliphatic heterocycles. The average molecular weight is 353 g/mol. The number of rotatable bonds is 3. The standard InChI is InChI=1S/C19H36N4O2/c1-21(2)18(24)20-16-10-6-14(7-11-16)15-8-12-17(13-9-15)23(5)19(25)22(3)4/h14-17H,6-13H2,1-5H3,(H,20,24). The van der Waals surface area contributed by atoms with Crippen molar-refractivity contribution < 1.29 is 9.59 Å². The number of nitrogens with zero attached hydrogens (tertiary/aromatic N) is 3. The van der Waals surface area contributed by atoms with Crippen LogP contribution in [0.25, 0.3) is 0 Å². The zero-order valence-corrected chi connectivity index (χ0v) is 16.6. The lowest BCUT2D eigenvalue weighted by Crippen LogP contribution is -2.45. The Labute approximate surface area is 152 Å². The lowest BCUT2D eigenvalue weighted by atomic mass is 9.71. The summed E-state index contributed by atoms with van der Waals surface area (Å²) in [6, 6.07) is 0.867. The lowest BCUT2D eigenvalue weighted by molar-refractivity contribution is 0.114. The number of nitrogens with one attached hydrogen (secondary N) is 1. The smallest absolute Gasteiger partial charge is 0.319 e. The first-order valence-corrected chi connectivity index (χ1v) is 9.71. The van der Waals surface area contributed by atoms with Gasteiger partial charge in [0.05, 0.1) is 0 Å². The molecule has 144 valence electrons. The fraction of sp³-hybridized carbons (Fsp3) is 0.895. The minimum Gasteiger partial charge on any atom is -0.335 e. The van der Waals surface area contributed by atoms with Gasteiger partial charge < -0.3 is 20.0 Å². The van der Waals surface area contributed by atoms with Gasteiger partial charge in [0.15, 0.2) is 0 Å². The van der Waals surface area contributed by atoms with E-state index in [9.17, 15) is 9.59 Å². The van der Waals surface area contributed by atoms with Gasteiger partial charge in [-0.25, -0.2) is 9.59 Å². The molecule has 0 aromatic carbocycles. The van der Waals surface area contributed by atoms with Gasteiger partial charge in [0, 0.05) is 47.3 Å². The molecule has 0 aromatic rings. The second kappa shape index (κ2) is 8.77. The molecule has 6 heteroatoms. The Hall–Kier alpha value is -1.46. The van der Waals surface area contributed by atoms with Crippen molar-refractivity contribution in [3.63, 3.8) is 0 Å². The number of urea groups is 2. The van der Waals surface area contributed by atoms with Crippen molar-refractivity contribution in [2.24, 2.45) is 11.8 Å². The van der Waals surface area contributed by atoms with Gasteiger partial charge in [-0.15, -0.1) is 0 Å². The van der Waals surface area contributed by atoms with Crippen molar-refractivity contribution in [1.29, 1.82) is 0 Å². The van der Waals surface area contributed by atoms with E-state index in [1.807, 2.05) is 26.0 Å². The molecule has 2 rings (SSSR count). The fourth-order valence-electron chi connectivity index (χ4n) is 4.47. The quantitative estimate of drug-likeness (QED) is 0.849. The molecule has 0 aromatic heterocycles. The number of hydrogen-bond donors (Lipinski definition) is 1. The van der Waals surface area contributed by atoms with Crippen LogP contribution in [0.3, 0.4) is 0 Å². The zero-order valence-electron chi connectivity index (χ0n) is 16.6. The maximum Gasteiger partial charge on any atom is 0.319 e. The Balaban J connectivity index is 1.73. The number of amides is 4. The molecule has 2 aliphatic rings.